The lowest BCUT2D eigenvalue weighted by atomic mass is 10.1. The summed E-state index contributed by atoms with van der Waals surface area (Å²) in [5.74, 6) is 0.00709. The summed E-state index contributed by atoms with van der Waals surface area (Å²) in [5.41, 5.74) is 4.64. The molecular formula is C24H18ClNO. The highest BCUT2D eigenvalue weighted by atomic mass is 35.5. The molecule has 132 valence electrons. The minimum Gasteiger partial charge on any atom is -0.303 e. The number of hydrogen-bond donors (Lipinski definition) is 0. The number of rotatable bonds is 4. The van der Waals surface area contributed by atoms with Crippen LogP contribution < -0.4 is 0 Å². The molecule has 1 heterocycles. The van der Waals surface area contributed by atoms with Gasteiger partial charge in [-0.3, -0.25) is 4.79 Å². The molecule has 0 radical (unpaired) electrons. The number of amides is 1. The van der Waals surface area contributed by atoms with Crippen LogP contribution in [-0.2, 0) is 11.3 Å². The van der Waals surface area contributed by atoms with Gasteiger partial charge in [-0.15, -0.1) is 0 Å². The molecule has 0 fully saturated rings. The van der Waals surface area contributed by atoms with Crippen LogP contribution in [0.5, 0.6) is 0 Å². The van der Waals surface area contributed by atoms with Gasteiger partial charge in [-0.05, 0) is 41.0 Å². The molecule has 0 unspecified atom stereocenters. The summed E-state index contributed by atoms with van der Waals surface area (Å²) in [6, 6.07) is 27.5. The number of benzene rings is 3. The highest BCUT2D eigenvalue weighted by Gasteiger charge is 2.29. The largest absolute Gasteiger partial charge is 0.303 e. The van der Waals surface area contributed by atoms with E-state index >= 15 is 0 Å². The van der Waals surface area contributed by atoms with Crippen LogP contribution in [0.2, 0.25) is 5.02 Å². The van der Waals surface area contributed by atoms with Crippen molar-refractivity contribution in [2.24, 2.45) is 0 Å². The average molecular weight is 372 g/mol. The molecule has 1 aliphatic rings. The summed E-state index contributed by atoms with van der Waals surface area (Å²) in [4.78, 5) is 15.0. The second-order valence-corrected chi connectivity index (χ2v) is 6.86. The Morgan fingerprint density at radius 3 is 2.11 bits per heavy atom. The molecule has 0 aromatic heterocycles. The van der Waals surface area contributed by atoms with Gasteiger partial charge in [0, 0.05) is 10.6 Å². The lowest BCUT2D eigenvalue weighted by Gasteiger charge is -2.21. The van der Waals surface area contributed by atoms with E-state index in [0.717, 1.165) is 22.4 Å². The monoisotopic (exact) mass is 371 g/mol. The molecular weight excluding hydrogens is 354 g/mol. The summed E-state index contributed by atoms with van der Waals surface area (Å²) in [7, 11) is 0. The van der Waals surface area contributed by atoms with Crippen LogP contribution in [0, 0.1) is 0 Å². The van der Waals surface area contributed by atoms with Gasteiger partial charge in [0.1, 0.15) is 0 Å². The van der Waals surface area contributed by atoms with Crippen LogP contribution in [0.3, 0.4) is 0 Å². The number of halogens is 1. The van der Waals surface area contributed by atoms with Gasteiger partial charge in [0.05, 0.1) is 12.2 Å². The molecule has 0 spiro atoms. The van der Waals surface area contributed by atoms with Crippen LogP contribution in [-0.4, -0.2) is 10.8 Å². The third kappa shape index (κ3) is 3.86. The van der Waals surface area contributed by atoms with Crippen molar-refractivity contribution in [3.8, 4) is 0 Å². The van der Waals surface area contributed by atoms with Crippen molar-refractivity contribution in [2.45, 2.75) is 6.54 Å². The Labute approximate surface area is 164 Å². The Balaban J connectivity index is 1.74. The Bertz CT molecular complexity index is 1010. The predicted octanol–water partition coefficient (Wildman–Crippen LogP) is 5.81. The van der Waals surface area contributed by atoms with Crippen molar-refractivity contribution in [1.29, 1.82) is 0 Å². The van der Waals surface area contributed by atoms with Crippen molar-refractivity contribution in [3.63, 3.8) is 0 Å². The SMILES string of the molecule is O=C1/C(=C/c2ccccc2)C=C(c2ccc(Cl)cc2)N1Cc1ccccc1. The smallest absolute Gasteiger partial charge is 0.258 e. The quantitative estimate of drug-likeness (QED) is 0.530. The molecule has 3 aromatic rings. The van der Waals surface area contributed by atoms with Crippen molar-refractivity contribution in [2.75, 3.05) is 0 Å². The standard InChI is InChI=1S/C24H18ClNO/c25-22-13-11-20(12-14-22)23-16-21(15-18-7-3-1-4-8-18)24(27)26(23)17-19-9-5-2-6-10-19/h1-16H,17H2/b21-15+. The van der Waals surface area contributed by atoms with Crippen LogP contribution >= 0.6 is 11.6 Å². The van der Waals surface area contributed by atoms with Gasteiger partial charge in [-0.25, -0.2) is 0 Å². The van der Waals surface area contributed by atoms with E-state index in [1.165, 1.54) is 0 Å². The van der Waals surface area contributed by atoms with Crippen LogP contribution in [0.15, 0.2) is 96.6 Å². The predicted molar refractivity (Wildman–Crippen MR) is 111 cm³/mol. The summed E-state index contributed by atoms with van der Waals surface area (Å²) in [6.45, 7) is 0.528. The molecule has 3 aromatic carbocycles. The first-order valence-electron chi connectivity index (χ1n) is 8.81. The van der Waals surface area contributed by atoms with E-state index in [1.807, 2.05) is 102 Å². The van der Waals surface area contributed by atoms with E-state index in [-0.39, 0.29) is 5.91 Å². The number of carbonyl (C=O) groups is 1. The van der Waals surface area contributed by atoms with Crippen molar-refractivity contribution >= 4 is 29.3 Å². The highest BCUT2D eigenvalue weighted by molar-refractivity contribution is 6.30. The molecule has 0 N–H and O–H groups in total. The van der Waals surface area contributed by atoms with E-state index in [1.54, 1.807) is 0 Å². The Hall–Kier alpha value is -3.10. The average Bonchev–Trinajstić information content (AvgIpc) is 3.00. The molecule has 3 heteroatoms. The van der Waals surface area contributed by atoms with Crippen molar-refractivity contribution in [3.05, 3.63) is 118 Å². The first-order chi connectivity index (χ1) is 13.2. The second-order valence-electron chi connectivity index (χ2n) is 6.42. The zero-order chi connectivity index (χ0) is 18.6. The summed E-state index contributed by atoms with van der Waals surface area (Å²) in [6.07, 6.45) is 3.89. The zero-order valence-electron chi connectivity index (χ0n) is 14.7. The number of carbonyl (C=O) groups excluding carboxylic acids is 1. The van der Waals surface area contributed by atoms with Gasteiger partial charge in [-0.1, -0.05) is 84.4 Å². The molecule has 27 heavy (non-hydrogen) atoms. The maximum Gasteiger partial charge on any atom is 0.258 e. The molecule has 0 atom stereocenters. The fraction of sp³-hybridized carbons (Fsp3) is 0.0417. The van der Waals surface area contributed by atoms with Gasteiger partial charge >= 0.3 is 0 Å². The third-order valence-corrected chi connectivity index (χ3v) is 4.77. The maximum atomic E-state index is 13.1. The van der Waals surface area contributed by atoms with Gasteiger partial charge < -0.3 is 4.90 Å². The fourth-order valence-electron chi connectivity index (χ4n) is 3.17. The Kier molecular flexibility index (Phi) is 4.91. The maximum absolute atomic E-state index is 13.1. The minimum absolute atomic E-state index is 0.00709. The summed E-state index contributed by atoms with van der Waals surface area (Å²) < 4.78 is 0. The lowest BCUT2D eigenvalue weighted by Crippen LogP contribution is -2.25. The molecule has 0 aliphatic carbocycles. The summed E-state index contributed by atoms with van der Waals surface area (Å²) in [5, 5.41) is 0.679. The molecule has 0 saturated heterocycles. The fourth-order valence-corrected chi connectivity index (χ4v) is 3.29. The normalized spacial score (nSPS) is 15.3. The van der Waals surface area contributed by atoms with Crippen molar-refractivity contribution < 1.29 is 4.79 Å². The molecule has 0 saturated carbocycles. The van der Waals surface area contributed by atoms with Gasteiger partial charge in [0.2, 0.25) is 0 Å². The van der Waals surface area contributed by atoms with E-state index in [9.17, 15) is 4.79 Å². The van der Waals surface area contributed by atoms with Gasteiger partial charge in [0.15, 0.2) is 0 Å². The van der Waals surface area contributed by atoms with E-state index < -0.39 is 0 Å². The van der Waals surface area contributed by atoms with Crippen molar-refractivity contribution in [1.82, 2.24) is 4.90 Å². The summed E-state index contributed by atoms with van der Waals surface area (Å²) >= 11 is 6.04. The van der Waals surface area contributed by atoms with Gasteiger partial charge in [0.25, 0.3) is 5.91 Å². The molecule has 4 rings (SSSR count). The van der Waals surface area contributed by atoms with Crippen LogP contribution in [0.4, 0.5) is 0 Å². The lowest BCUT2D eigenvalue weighted by molar-refractivity contribution is -0.123. The van der Waals surface area contributed by atoms with Crippen LogP contribution in [0.1, 0.15) is 16.7 Å². The van der Waals surface area contributed by atoms with E-state index in [2.05, 4.69) is 0 Å². The number of hydrogen-bond acceptors (Lipinski definition) is 1. The number of nitrogens with zero attached hydrogens (tertiary/aromatic N) is 1. The topological polar surface area (TPSA) is 20.3 Å². The molecule has 1 aliphatic heterocycles. The minimum atomic E-state index is 0.00709. The molecule has 1 amide bonds. The van der Waals surface area contributed by atoms with Gasteiger partial charge in [-0.2, -0.15) is 0 Å². The zero-order valence-corrected chi connectivity index (χ0v) is 15.4. The molecule has 2 nitrogen and oxygen atoms in total. The Morgan fingerprint density at radius 2 is 1.44 bits per heavy atom. The Morgan fingerprint density at radius 1 is 0.815 bits per heavy atom. The van der Waals surface area contributed by atoms with E-state index in [0.29, 0.717) is 17.1 Å². The first kappa shape index (κ1) is 17.3. The molecule has 0 bridgehead atoms. The van der Waals surface area contributed by atoms with E-state index in [4.69, 9.17) is 11.6 Å². The first-order valence-corrected chi connectivity index (χ1v) is 9.19. The highest BCUT2D eigenvalue weighted by Crippen LogP contribution is 2.32. The van der Waals surface area contributed by atoms with Crippen LogP contribution in [0.25, 0.3) is 11.8 Å². The third-order valence-electron chi connectivity index (χ3n) is 4.52. The second kappa shape index (κ2) is 7.65.